The summed E-state index contributed by atoms with van der Waals surface area (Å²) in [5.74, 6) is 1.91. The highest BCUT2D eigenvalue weighted by Crippen LogP contribution is 2.29. The summed E-state index contributed by atoms with van der Waals surface area (Å²) in [6.45, 7) is 7.05. The molecule has 0 radical (unpaired) electrons. The lowest BCUT2D eigenvalue weighted by atomic mass is 9.94. The molecule has 1 aliphatic carbocycles. The number of rotatable bonds is 7. The smallest absolute Gasteiger partial charge is 0.242 e. The first-order valence-electron chi connectivity index (χ1n) is 12.2. The number of amides is 1. The average Bonchev–Trinajstić information content (AvgIpc) is 3.17. The monoisotopic (exact) mass is 431 g/mol. The fourth-order valence-electron chi connectivity index (χ4n) is 5.07. The first kappa shape index (κ1) is 22.6. The SMILES string of the molecule is CC(C)Cc1ccc(C(C)c2nc3ccccc3n2CC(=O)N(C)C2CCCCC2)cc1. The maximum atomic E-state index is 13.3. The summed E-state index contributed by atoms with van der Waals surface area (Å²) in [6.07, 6.45) is 7.09. The molecule has 4 heteroatoms. The van der Waals surface area contributed by atoms with Gasteiger partial charge in [0.05, 0.1) is 11.0 Å². The quantitative estimate of drug-likeness (QED) is 0.448. The third kappa shape index (κ3) is 4.90. The Labute approximate surface area is 192 Å². The van der Waals surface area contributed by atoms with Gasteiger partial charge in [-0.3, -0.25) is 4.79 Å². The van der Waals surface area contributed by atoms with E-state index in [2.05, 4.69) is 55.7 Å². The first-order chi connectivity index (χ1) is 15.4. The summed E-state index contributed by atoms with van der Waals surface area (Å²) in [5.41, 5.74) is 4.60. The van der Waals surface area contributed by atoms with Gasteiger partial charge in [0.2, 0.25) is 5.91 Å². The predicted molar refractivity (Wildman–Crippen MR) is 132 cm³/mol. The van der Waals surface area contributed by atoms with Gasteiger partial charge < -0.3 is 9.47 Å². The minimum Gasteiger partial charge on any atom is -0.341 e. The zero-order chi connectivity index (χ0) is 22.7. The van der Waals surface area contributed by atoms with E-state index in [1.165, 1.54) is 30.4 Å². The van der Waals surface area contributed by atoms with Crippen LogP contribution in [-0.4, -0.2) is 33.4 Å². The number of fused-ring (bicyclic) bond motifs is 1. The summed E-state index contributed by atoms with van der Waals surface area (Å²) < 4.78 is 2.14. The Morgan fingerprint density at radius 2 is 1.72 bits per heavy atom. The van der Waals surface area contributed by atoms with Crippen molar-refractivity contribution in [2.45, 2.75) is 77.8 Å². The molecule has 1 aromatic heterocycles. The third-order valence-electron chi connectivity index (χ3n) is 7.00. The van der Waals surface area contributed by atoms with Crippen LogP contribution < -0.4 is 0 Å². The molecule has 4 rings (SSSR count). The van der Waals surface area contributed by atoms with Crippen molar-refractivity contribution in [3.63, 3.8) is 0 Å². The molecule has 0 spiro atoms. The second-order valence-electron chi connectivity index (χ2n) is 9.90. The van der Waals surface area contributed by atoms with Crippen LogP contribution in [0.4, 0.5) is 0 Å². The van der Waals surface area contributed by atoms with Gasteiger partial charge in [0, 0.05) is 19.0 Å². The molecular formula is C28H37N3O. The fraction of sp³-hybridized carbons (Fsp3) is 0.500. The van der Waals surface area contributed by atoms with Gasteiger partial charge in [-0.05, 0) is 48.4 Å². The van der Waals surface area contributed by atoms with E-state index in [0.29, 0.717) is 18.5 Å². The highest BCUT2D eigenvalue weighted by atomic mass is 16.2. The number of benzene rings is 2. The summed E-state index contributed by atoms with van der Waals surface area (Å²) >= 11 is 0. The number of para-hydroxylation sites is 2. The van der Waals surface area contributed by atoms with Crippen LogP contribution in [-0.2, 0) is 17.8 Å². The van der Waals surface area contributed by atoms with Crippen LogP contribution in [0.2, 0.25) is 0 Å². The fourth-order valence-corrected chi connectivity index (χ4v) is 5.07. The van der Waals surface area contributed by atoms with E-state index in [4.69, 9.17) is 4.98 Å². The molecule has 0 N–H and O–H groups in total. The summed E-state index contributed by atoms with van der Waals surface area (Å²) in [6, 6.07) is 17.5. The van der Waals surface area contributed by atoms with Gasteiger partial charge in [0.25, 0.3) is 0 Å². The molecule has 1 fully saturated rings. The van der Waals surface area contributed by atoms with E-state index in [-0.39, 0.29) is 11.8 Å². The third-order valence-corrected chi connectivity index (χ3v) is 7.00. The Morgan fingerprint density at radius 1 is 1.03 bits per heavy atom. The minimum absolute atomic E-state index is 0.114. The van der Waals surface area contributed by atoms with Crippen molar-refractivity contribution in [2.75, 3.05) is 7.05 Å². The molecule has 0 aliphatic heterocycles. The number of hydrogen-bond acceptors (Lipinski definition) is 2. The van der Waals surface area contributed by atoms with Gasteiger partial charge in [-0.25, -0.2) is 4.98 Å². The Bertz CT molecular complexity index is 1040. The van der Waals surface area contributed by atoms with Crippen molar-refractivity contribution in [2.24, 2.45) is 5.92 Å². The lowest BCUT2D eigenvalue weighted by Gasteiger charge is -2.31. The standard InChI is InChI=1S/C28H37N3O/c1-20(2)18-22-14-16-23(17-15-22)21(3)28-29-25-12-8-9-13-26(25)31(28)19-27(32)30(4)24-10-6-5-7-11-24/h8-9,12-17,20-21,24H,5-7,10-11,18-19H2,1-4H3. The Kier molecular flexibility index (Phi) is 6.98. The molecule has 3 aromatic rings. The van der Waals surface area contributed by atoms with Crippen LogP contribution in [0.3, 0.4) is 0 Å². The highest BCUT2D eigenvalue weighted by Gasteiger charge is 2.25. The van der Waals surface area contributed by atoms with Crippen LogP contribution in [0.1, 0.15) is 75.7 Å². The molecule has 1 heterocycles. The zero-order valence-electron chi connectivity index (χ0n) is 20.1. The van der Waals surface area contributed by atoms with Crippen molar-refractivity contribution >= 4 is 16.9 Å². The van der Waals surface area contributed by atoms with Crippen LogP contribution in [0, 0.1) is 5.92 Å². The number of carbonyl (C=O) groups excluding carboxylic acids is 1. The summed E-state index contributed by atoms with van der Waals surface area (Å²) in [5, 5.41) is 0. The van der Waals surface area contributed by atoms with Gasteiger partial charge in [0.15, 0.2) is 0 Å². The van der Waals surface area contributed by atoms with Crippen molar-refractivity contribution in [3.8, 4) is 0 Å². The zero-order valence-corrected chi connectivity index (χ0v) is 20.1. The van der Waals surface area contributed by atoms with Crippen LogP contribution in [0.25, 0.3) is 11.0 Å². The second-order valence-corrected chi connectivity index (χ2v) is 9.90. The van der Waals surface area contributed by atoms with Gasteiger partial charge >= 0.3 is 0 Å². The largest absolute Gasteiger partial charge is 0.341 e. The van der Waals surface area contributed by atoms with Crippen LogP contribution in [0.5, 0.6) is 0 Å². The molecule has 32 heavy (non-hydrogen) atoms. The number of carbonyl (C=O) groups is 1. The molecule has 1 amide bonds. The number of nitrogens with zero attached hydrogens (tertiary/aromatic N) is 3. The maximum Gasteiger partial charge on any atom is 0.242 e. The van der Waals surface area contributed by atoms with Crippen molar-refractivity contribution in [1.29, 1.82) is 0 Å². The van der Waals surface area contributed by atoms with Crippen molar-refractivity contribution in [1.82, 2.24) is 14.5 Å². The first-order valence-corrected chi connectivity index (χ1v) is 12.2. The predicted octanol–water partition coefficient (Wildman–Crippen LogP) is 6.18. The molecule has 1 unspecified atom stereocenters. The lowest BCUT2D eigenvalue weighted by molar-refractivity contribution is -0.133. The van der Waals surface area contributed by atoms with E-state index < -0.39 is 0 Å². The Balaban J connectivity index is 1.61. The Morgan fingerprint density at radius 3 is 2.41 bits per heavy atom. The maximum absolute atomic E-state index is 13.3. The number of hydrogen-bond donors (Lipinski definition) is 0. The van der Waals surface area contributed by atoms with E-state index in [1.54, 1.807) is 0 Å². The molecular weight excluding hydrogens is 394 g/mol. The molecule has 4 nitrogen and oxygen atoms in total. The molecule has 0 saturated heterocycles. The van der Waals surface area contributed by atoms with Crippen LogP contribution in [0.15, 0.2) is 48.5 Å². The Hall–Kier alpha value is -2.62. The highest BCUT2D eigenvalue weighted by molar-refractivity contribution is 5.81. The van der Waals surface area contributed by atoms with Gasteiger partial charge in [-0.15, -0.1) is 0 Å². The molecule has 170 valence electrons. The second kappa shape index (κ2) is 9.89. The van der Waals surface area contributed by atoms with Gasteiger partial charge in [0.1, 0.15) is 12.4 Å². The van der Waals surface area contributed by atoms with E-state index in [9.17, 15) is 4.79 Å². The van der Waals surface area contributed by atoms with Crippen LogP contribution >= 0.6 is 0 Å². The van der Waals surface area contributed by atoms with E-state index >= 15 is 0 Å². The molecule has 1 saturated carbocycles. The normalized spacial score (nSPS) is 15.9. The van der Waals surface area contributed by atoms with Crippen molar-refractivity contribution in [3.05, 3.63) is 65.5 Å². The molecule has 1 aliphatic rings. The summed E-state index contributed by atoms with van der Waals surface area (Å²) in [7, 11) is 1.98. The number of likely N-dealkylation sites (N-methyl/N-ethyl adjacent to an activating group) is 1. The molecule has 2 aromatic carbocycles. The van der Waals surface area contributed by atoms with E-state index in [0.717, 1.165) is 36.1 Å². The minimum atomic E-state index is 0.114. The summed E-state index contributed by atoms with van der Waals surface area (Å²) in [4.78, 5) is 20.3. The number of imidazole rings is 1. The van der Waals surface area contributed by atoms with E-state index in [1.807, 2.05) is 30.1 Å². The average molecular weight is 432 g/mol. The lowest BCUT2D eigenvalue weighted by Crippen LogP contribution is -2.40. The van der Waals surface area contributed by atoms with Gasteiger partial charge in [-0.1, -0.05) is 76.4 Å². The topological polar surface area (TPSA) is 38.1 Å². The molecule has 1 atom stereocenters. The van der Waals surface area contributed by atoms with Crippen molar-refractivity contribution < 1.29 is 4.79 Å². The van der Waals surface area contributed by atoms with Gasteiger partial charge in [-0.2, -0.15) is 0 Å². The molecule has 0 bridgehead atoms. The number of aromatic nitrogens is 2.